The molecule has 0 saturated heterocycles. The zero-order valence-corrected chi connectivity index (χ0v) is 13.7. The second kappa shape index (κ2) is 8.29. The standard InChI is InChI=1S/C22H21NO/c24-16-6-2-1-3-7-18-10-12-19(13-11-18)17-22-21-9-5-4-8-20(21)14-15-23-22/h4-5,8-15,24H,1-2,6,16-17H2. The Kier molecular flexibility index (Phi) is 5.61. The summed E-state index contributed by atoms with van der Waals surface area (Å²) in [5, 5.41) is 11.2. The monoisotopic (exact) mass is 315 g/mol. The number of hydrogen-bond acceptors (Lipinski definition) is 2. The van der Waals surface area contributed by atoms with Gasteiger partial charge in [0.2, 0.25) is 0 Å². The first kappa shape index (κ1) is 16.2. The van der Waals surface area contributed by atoms with E-state index in [9.17, 15) is 0 Å². The minimum atomic E-state index is 0.249. The van der Waals surface area contributed by atoms with Crippen LogP contribution in [0.3, 0.4) is 0 Å². The molecule has 1 aromatic heterocycles. The first-order valence-electron chi connectivity index (χ1n) is 8.38. The summed E-state index contributed by atoms with van der Waals surface area (Å²) in [6.45, 7) is 0.249. The second-order valence-electron chi connectivity index (χ2n) is 5.83. The molecule has 0 aliphatic rings. The van der Waals surface area contributed by atoms with Crippen molar-refractivity contribution in [2.75, 3.05) is 6.61 Å². The lowest BCUT2D eigenvalue weighted by Gasteiger charge is -2.06. The van der Waals surface area contributed by atoms with Crippen molar-refractivity contribution in [2.45, 2.75) is 25.7 Å². The van der Waals surface area contributed by atoms with Gasteiger partial charge in [-0.2, -0.15) is 0 Å². The third kappa shape index (κ3) is 4.22. The molecule has 3 rings (SSSR count). The second-order valence-corrected chi connectivity index (χ2v) is 5.83. The van der Waals surface area contributed by atoms with Crippen LogP contribution in [0.4, 0.5) is 0 Å². The predicted molar refractivity (Wildman–Crippen MR) is 98.8 cm³/mol. The van der Waals surface area contributed by atoms with Crippen LogP contribution in [0.2, 0.25) is 0 Å². The van der Waals surface area contributed by atoms with E-state index < -0.39 is 0 Å². The van der Waals surface area contributed by atoms with E-state index in [1.165, 1.54) is 16.3 Å². The van der Waals surface area contributed by atoms with E-state index in [4.69, 9.17) is 5.11 Å². The number of nitrogens with zero attached hydrogens (tertiary/aromatic N) is 1. The molecule has 0 amide bonds. The molecule has 0 saturated carbocycles. The van der Waals surface area contributed by atoms with E-state index in [1.807, 2.05) is 12.3 Å². The molecule has 2 nitrogen and oxygen atoms in total. The maximum Gasteiger partial charge on any atom is 0.0525 e. The lowest BCUT2D eigenvalue weighted by atomic mass is 10.0. The normalized spacial score (nSPS) is 10.4. The SMILES string of the molecule is OCCCCC#Cc1ccc(Cc2nccc3ccccc23)cc1. The van der Waals surface area contributed by atoms with Crippen LogP contribution >= 0.6 is 0 Å². The van der Waals surface area contributed by atoms with Crippen molar-refractivity contribution in [2.24, 2.45) is 0 Å². The highest BCUT2D eigenvalue weighted by atomic mass is 16.2. The van der Waals surface area contributed by atoms with Crippen LogP contribution in [0.15, 0.2) is 60.8 Å². The summed E-state index contributed by atoms with van der Waals surface area (Å²) in [6.07, 6.45) is 5.32. The number of benzene rings is 2. The van der Waals surface area contributed by atoms with Crippen LogP contribution in [-0.4, -0.2) is 16.7 Å². The number of aromatic nitrogens is 1. The maximum atomic E-state index is 8.75. The lowest BCUT2D eigenvalue weighted by Crippen LogP contribution is -1.93. The molecule has 1 N–H and O–H groups in total. The molecule has 0 bridgehead atoms. The van der Waals surface area contributed by atoms with Gasteiger partial charge in [-0.05, 0) is 42.0 Å². The predicted octanol–water partition coefficient (Wildman–Crippen LogP) is 4.34. The van der Waals surface area contributed by atoms with Crippen LogP contribution in [0, 0.1) is 11.8 Å². The smallest absolute Gasteiger partial charge is 0.0525 e. The molecule has 0 atom stereocenters. The lowest BCUT2D eigenvalue weighted by molar-refractivity contribution is 0.285. The largest absolute Gasteiger partial charge is 0.396 e. The molecule has 2 heteroatoms. The quantitative estimate of drug-likeness (QED) is 0.561. The molecule has 2 aromatic carbocycles. The molecule has 0 aliphatic heterocycles. The number of aliphatic hydroxyl groups is 1. The van der Waals surface area contributed by atoms with Gasteiger partial charge in [0.05, 0.1) is 5.69 Å². The number of aliphatic hydroxyl groups excluding tert-OH is 1. The van der Waals surface area contributed by atoms with Crippen LogP contribution in [-0.2, 0) is 6.42 Å². The van der Waals surface area contributed by atoms with Crippen molar-refractivity contribution in [3.8, 4) is 11.8 Å². The molecule has 0 unspecified atom stereocenters. The fourth-order valence-corrected chi connectivity index (χ4v) is 2.71. The minimum absolute atomic E-state index is 0.249. The van der Waals surface area contributed by atoms with Crippen molar-refractivity contribution in [1.82, 2.24) is 4.98 Å². The van der Waals surface area contributed by atoms with Gasteiger partial charge < -0.3 is 5.11 Å². The summed E-state index contributed by atoms with van der Waals surface area (Å²) >= 11 is 0. The van der Waals surface area contributed by atoms with E-state index in [0.717, 1.165) is 36.9 Å². The van der Waals surface area contributed by atoms with Crippen molar-refractivity contribution in [1.29, 1.82) is 0 Å². The van der Waals surface area contributed by atoms with Gasteiger partial charge in [-0.25, -0.2) is 0 Å². The van der Waals surface area contributed by atoms with Crippen molar-refractivity contribution in [3.63, 3.8) is 0 Å². The summed E-state index contributed by atoms with van der Waals surface area (Å²) in [5.74, 6) is 6.33. The fraction of sp³-hybridized carbons (Fsp3) is 0.227. The third-order valence-electron chi connectivity index (χ3n) is 4.02. The molecule has 0 fully saturated rings. The number of rotatable bonds is 5. The number of pyridine rings is 1. The Hall–Kier alpha value is -2.63. The summed E-state index contributed by atoms with van der Waals surface area (Å²) in [5.41, 5.74) is 3.38. The van der Waals surface area contributed by atoms with Gasteiger partial charge in [0.15, 0.2) is 0 Å². The van der Waals surface area contributed by atoms with Gasteiger partial charge in [-0.3, -0.25) is 4.98 Å². The van der Waals surface area contributed by atoms with Crippen LogP contribution < -0.4 is 0 Å². The molecule has 3 aromatic rings. The Morgan fingerprint density at radius 1 is 0.917 bits per heavy atom. The third-order valence-corrected chi connectivity index (χ3v) is 4.02. The minimum Gasteiger partial charge on any atom is -0.396 e. The van der Waals surface area contributed by atoms with E-state index >= 15 is 0 Å². The molecule has 0 aliphatic carbocycles. The Morgan fingerprint density at radius 2 is 1.75 bits per heavy atom. The molecule has 0 radical (unpaired) electrons. The first-order chi connectivity index (χ1) is 11.9. The van der Waals surface area contributed by atoms with Gasteiger partial charge >= 0.3 is 0 Å². The van der Waals surface area contributed by atoms with Gasteiger partial charge in [0.1, 0.15) is 0 Å². The molecular formula is C22H21NO. The summed E-state index contributed by atoms with van der Waals surface area (Å²) in [7, 11) is 0. The van der Waals surface area contributed by atoms with Crippen LogP contribution in [0.1, 0.15) is 36.1 Å². The maximum absolute atomic E-state index is 8.75. The highest BCUT2D eigenvalue weighted by molar-refractivity contribution is 5.84. The highest BCUT2D eigenvalue weighted by Crippen LogP contribution is 2.19. The molecular weight excluding hydrogens is 294 g/mol. The van der Waals surface area contributed by atoms with Crippen molar-refractivity contribution < 1.29 is 5.11 Å². The van der Waals surface area contributed by atoms with Crippen LogP contribution in [0.5, 0.6) is 0 Å². The number of fused-ring (bicyclic) bond motifs is 1. The van der Waals surface area contributed by atoms with E-state index in [2.05, 4.69) is 65.4 Å². The van der Waals surface area contributed by atoms with Gasteiger partial charge in [0.25, 0.3) is 0 Å². The van der Waals surface area contributed by atoms with Gasteiger partial charge in [-0.15, -0.1) is 0 Å². The van der Waals surface area contributed by atoms with Crippen LogP contribution in [0.25, 0.3) is 10.8 Å². The summed E-state index contributed by atoms with van der Waals surface area (Å²) < 4.78 is 0. The molecule has 120 valence electrons. The number of hydrogen-bond donors (Lipinski definition) is 1. The molecule has 1 heterocycles. The highest BCUT2D eigenvalue weighted by Gasteiger charge is 2.03. The Labute approximate surface area is 143 Å². The zero-order valence-electron chi connectivity index (χ0n) is 13.7. The average Bonchev–Trinajstić information content (AvgIpc) is 2.63. The van der Waals surface area contributed by atoms with Gasteiger partial charge in [-0.1, -0.05) is 48.2 Å². The summed E-state index contributed by atoms with van der Waals surface area (Å²) in [4.78, 5) is 4.55. The van der Waals surface area contributed by atoms with E-state index in [0.29, 0.717) is 0 Å². The molecule has 0 spiro atoms. The van der Waals surface area contributed by atoms with E-state index in [-0.39, 0.29) is 6.61 Å². The first-order valence-corrected chi connectivity index (χ1v) is 8.38. The Balaban J connectivity index is 1.70. The van der Waals surface area contributed by atoms with E-state index in [1.54, 1.807) is 0 Å². The average molecular weight is 315 g/mol. The Bertz CT molecular complexity index is 851. The van der Waals surface area contributed by atoms with Crippen molar-refractivity contribution >= 4 is 10.8 Å². The topological polar surface area (TPSA) is 33.1 Å². The fourth-order valence-electron chi connectivity index (χ4n) is 2.71. The zero-order chi connectivity index (χ0) is 16.6. The van der Waals surface area contributed by atoms with Gasteiger partial charge in [0, 0.05) is 36.6 Å². The molecule has 24 heavy (non-hydrogen) atoms. The summed E-state index contributed by atoms with van der Waals surface area (Å²) in [6, 6.07) is 18.8. The van der Waals surface area contributed by atoms with Crippen molar-refractivity contribution in [3.05, 3.63) is 77.6 Å². The number of unbranched alkanes of at least 4 members (excludes halogenated alkanes) is 2. The Morgan fingerprint density at radius 3 is 2.58 bits per heavy atom.